The standard InChI is InChI=1S/C10H12N2O2/c11-7-5-10(14)12(6-7)8-3-1-2-4-9(8)13/h1-4,7,13H,5-6,11H2. The van der Waals surface area contributed by atoms with Crippen LogP contribution >= 0.6 is 0 Å². The second-order valence-corrected chi connectivity index (χ2v) is 3.46. The number of hydrogen-bond donors (Lipinski definition) is 2. The van der Waals surface area contributed by atoms with Gasteiger partial charge in [0.15, 0.2) is 0 Å². The third-order valence-electron chi connectivity index (χ3n) is 2.33. The van der Waals surface area contributed by atoms with E-state index in [4.69, 9.17) is 5.73 Å². The lowest BCUT2D eigenvalue weighted by Gasteiger charge is -2.16. The summed E-state index contributed by atoms with van der Waals surface area (Å²) in [7, 11) is 0. The minimum absolute atomic E-state index is 0.0287. The molecule has 1 unspecified atom stereocenters. The fourth-order valence-corrected chi connectivity index (χ4v) is 1.66. The molecule has 0 radical (unpaired) electrons. The molecule has 0 aliphatic carbocycles. The minimum atomic E-state index is -0.123. The first kappa shape index (κ1) is 9.02. The number of carbonyl (C=O) groups is 1. The van der Waals surface area contributed by atoms with Crippen molar-refractivity contribution in [2.75, 3.05) is 11.4 Å². The molecule has 1 fully saturated rings. The molecule has 2 rings (SSSR count). The number of amides is 1. The first-order valence-electron chi connectivity index (χ1n) is 4.52. The minimum Gasteiger partial charge on any atom is -0.506 e. The molecule has 0 saturated carbocycles. The van der Waals surface area contributed by atoms with E-state index in [1.54, 1.807) is 24.3 Å². The smallest absolute Gasteiger partial charge is 0.228 e. The number of phenols is 1. The zero-order valence-electron chi connectivity index (χ0n) is 7.68. The van der Waals surface area contributed by atoms with Gasteiger partial charge in [-0.25, -0.2) is 0 Å². The maximum Gasteiger partial charge on any atom is 0.228 e. The Morgan fingerprint density at radius 3 is 2.71 bits per heavy atom. The van der Waals surface area contributed by atoms with Crippen molar-refractivity contribution in [1.82, 2.24) is 0 Å². The summed E-state index contributed by atoms with van der Waals surface area (Å²) in [5.41, 5.74) is 6.21. The molecular formula is C10H12N2O2. The van der Waals surface area contributed by atoms with Crippen LogP contribution in [0.4, 0.5) is 5.69 Å². The van der Waals surface area contributed by atoms with E-state index < -0.39 is 0 Å². The highest BCUT2D eigenvalue weighted by atomic mass is 16.3. The van der Waals surface area contributed by atoms with Gasteiger partial charge in [-0.05, 0) is 12.1 Å². The molecule has 3 N–H and O–H groups in total. The molecule has 1 amide bonds. The lowest BCUT2D eigenvalue weighted by Crippen LogP contribution is -2.27. The van der Waals surface area contributed by atoms with E-state index in [0.29, 0.717) is 18.7 Å². The fourth-order valence-electron chi connectivity index (χ4n) is 1.66. The van der Waals surface area contributed by atoms with Crippen LogP contribution in [-0.2, 0) is 4.79 Å². The quantitative estimate of drug-likeness (QED) is 0.679. The topological polar surface area (TPSA) is 66.6 Å². The van der Waals surface area contributed by atoms with Crippen molar-refractivity contribution >= 4 is 11.6 Å². The van der Waals surface area contributed by atoms with Crippen LogP contribution in [0.25, 0.3) is 0 Å². The van der Waals surface area contributed by atoms with E-state index in [9.17, 15) is 9.90 Å². The molecule has 14 heavy (non-hydrogen) atoms. The lowest BCUT2D eigenvalue weighted by atomic mass is 10.2. The SMILES string of the molecule is NC1CC(=O)N(c2ccccc2O)C1. The van der Waals surface area contributed by atoms with Crippen LogP contribution < -0.4 is 10.6 Å². The maximum atomic E-state index is 11.5. The molecule has 1 aromatic carbocycles. The second kappa shape index (κ2) is 3.31. The number of nitrogens with two attached hydrogens (primary N) is 1. The van der Waals surface area contributed by atoms with Crippen molar-refractivity contribution in [3.8, 4) is 5.75 Å². The van der Waals surface area contributed by atoms with E-state index in [1.807, 2.05) is 0 Å². The number of benzene rings is 1. The molecular weight excluding hydrogens is 180 g/mol. The molecule has 1 heterocycles. The average molecular weight is 192 g/mol. The largest absolute Gasteiger partial charge is 0.506 e. The van der Waals surface area contributed by atoms with Crippen LogP contribution in [0, 0.1) is 0 Å². The van der Waals surface area contributed by atoms with Crippen molar-refractivity contribution < 1.29 is 9.90 Å². The molecule has 1 aliphatic heterocycles. The highest BCUT2D eigenvalue weighted by Gasteiger charge is 2.29. The van der Waals surface area contributed by atoms with Gasteiger partial charge in [0.25, 0.3) is 0 Å². The molecule has 1 atom stereocenters. The van der Waals surface area contributed by atoms with E-state index in [-0.39, 0.29) is 17.7 Å². The van der Waals surface area contributed by atoms with Crippen molar-refractivity contribution in [3.05, 3.63) is 24.3 Å². The molecule has 74 valence electrons. The van der Waals surface area contributed by atoms with Gasteiger partial charge in [-0.2, -0.15) is 0 Å². The van der Waals surface area contributed by atoms with Crippen molar-refractivity contribution in [2.45, 2.75) is 12.5 Å². The Morgan fingerprint density at radius 1 is 1.43 bits per heavy atom. The first-order valence-corrected chi connectivity index (χ1v) is 4.52. The predicted molar refractivity (Wildman–Crippen MR) is 53.1 cm³/mol. The second-order valence-electron chi connectivity index (χ2n) is 3.46. The summed E-state index contributed by atoms with van der Waals surface area (Å²) in [6, 6.07) is 6.66. The summed E-state index contributed by atoms with van der Waals surface area (Å²) in [6.07, 6.45) is 0.355. The number of para-hydroxylation sites is 2. The zero-order valence-corrected chi connectivity index (χ0v) is 7.68. The van der Waals surface area contributed by atoms with Gasteiger partial charge in [0.2, 0.25) is 5.91 Å². The van der Waals surface area contributed by atoms with Crippen LogP contribution in [0.2, 0.25) is 0 Å². The summed E-state index contributed by atoms with van der Waals surface area (Å²) in [4.78, 5) is 13.0. The number of phenolic OH excluding ortho intramolecular Hbond substituents is 1. The molecule has 4 nitrogen and oxygen atoms in total. The Hall–Kier alpha value is -1.55. The Morgan fingerprint density at radius 2 is 2.14 bits per heavy atom. The Labute approximate surface area is 81.9 Å². The first-order chi connectivity index (χ1) is 6.68. The molecule has 1 aliphatic rings. The number of nitrogens with zero attached hydrogens (tertiary/aromatic N) is 1. The van der Waals surface area contributed by atoms with Crippen LogP contribution in [0.3, 0.4) is 0 Å². The number of rotatable bonds is 1. The van der Waals surface area contributed by atoms with Gasteiger partial charge in [-0.1, -0.05) is 12.1 Å². The summed E-state index contributed by atoms with van der Waals surface area (Å²) >= 11 is 0. The van der Waals surface area contributed by atoms with E-state index >= 15 is 0 Å². The monoisotopic (exact) mass is 192 g/mol. The summed E-state index contributed by atoms with van der Waals surface area (Å²) in [5, 5.41) is 9.54. The van der Waals surface area contributed by atoms with Gasteiger partial charge in [-0.3, -0.25) is 4.79 Å². The lowest BCUT2D eigenvalue weighted by molar-refractivity contribution is -0.117. The maximum absolute atomic E-state index is 11.5. The highest BCUT2D eigenvalue weighted by molar-refractivity contribution is 5.97. The van der Waals surface area contributed by atoms with Crippen LogP contribution in [0.5, 0.6) is 5.75 Å². The van der Waals surface area contributed by atoms with Gasteiger partial charge >= 0.3 is 0 Å². The van der Waals surface area contributed by atoms with Crippen LogP contribution in [-0.4, -0.2) is 23.6 Å². The van der Waals surface area contributed by atoms with Crippen molar-refractivity contribution in [3.63, 3.8) is 0 Å². The van der Waals surface area contributed by atoms with Crippen molar-refractivity contribution in [2.24, 2.45) is 5.73 Å². The van der Waals surface area contributed by atoms with Gasteiger partial charge in [0.05, 0.1) is 5.69 Å². The van der Waals surface area contributed by atoms with Crippen LogP contribution in [0.1, 0.15) is 6.42 Å². The number of carbonyl (C=O) groups excluding carboxylic acids is 1. The van der Waals surface area contributed by atoms with E-state index in [1.165, 1.54) is 4.90 Å². The Balaban J connectivity index is 2.32. The number of aromatic hydroxyl groups is 1. The zero-order chi connectivity index (χ0) is 10.1. The normalized spacial score (nSPS) is 21.6. The third-order valence-corrected chi connectivity index (χ3v) is 2.33. The van der Waals surface area contributed by atoms with Crippen molar-refractivity contribution in [1.29, 1.82) is 0 Å². The molecule has 1 saturated heterocycles. The number of anilines is 1. The molecule has 1 aromatic rings. The molecule has 4 heteroatoms. The fraction of sp³-hybridized carbons (Fsp3) is 0.300. The highest BCUT2D eigenvalue weighted by Crippen LogP contribution is 2.29. The van der Waals surface area contributed by atoms with Gasteiger partial charge in [0, 0.05) is 19.0 Å². The molecule has 0 bridgehead atoms. The Bertz CT molecular complexity index is 365. The van der Waals surface area contributed by atoms with Gasteiger partial charge < -0.3 is 15.7 Å². The Kier molecular flexibility index (Phi) is 2.13. The van der Waals surface area contributed by atoms with E-state index in [2.05, 4.69) is 0 Å². The summed E-state index contributed by atoms with van der Waals surface area (Å²) in [5.74, 6) is 0.0916. The average Bonchev–Trinajstić information content (AvgIpc) is 2.46. The summed E-state index contributed by atoms with van der Waals surface area (Å²) in [6.45, 7) is 0.483. The summed E-state index contributed by atoms with van der Waals surface area (Å²) < 4.78 is 0. The number of hydrogen-bond acceptors (Lipinski definition) is 3. The third kappa shape index (κ3) is 1.44. The molecule has 0 spiro atoms. The van der Waals surface area contributed by atoms with Crippen LogP contribution in [0.15, 0.2) is 24.3 Å². The predicted octanol–water partition coefficient (Wildman–Crippen LogP) is 0.456. The molecule has 0 aromatic heterocycles. The van der Waals surface area contributed by atoms with E-state index in [0.717, 1.165) is 0 Å². The van der Waals surface area contributed by atoms with Gasteiger partial charge in [-0.15, -0.1) is 0 Å². The van der Waals surface area contributed by atoms with Gasteiger partial charge in [0.1, 0.15) is 5.75 Å².